The molecule has 0 aromatic heterocycles. The quantitative estimate of drug-likeness (QED) is 0.0521. The van der Waals surface area contributed by atoms with Gasteiger partial charge in [-0.1, -0.05) is 32.6 Å². The molecular weight excluding hydrogens is 632 g/mol. The van der Waals surface area contributed by atoms with Gasteiger partial charge in [-0.15, -0.1) is 0 Å². The summed E-state index contributed by atoms with van der Waals surface area (Å²) in [6, 6.07) is 0. The van der Waals surface area contributed by atoms with Crippen molar-refractivity contribution in [2.24, 2.45) is 0 Å². The third-order valence-corrected chi connectivity index (χ3v) is 7.16. The summed E-state index contributed by atoms with van der Waals surface area (Å²) >= 11 is 0. The van der Waals surface area contributed by atoms with Crippen LogP contribution in [0, 0.1) is 0 Å². The van der Waals surface area contributed by atoms with Gasteiger partial charge in [0.05, 0.1) is 139 Å². The molecule has 13 nitrogen and oxygen atoms in total. The Balaban J connectivity index is 3.10. The van der Waals surface area contributed by atoms with E-state index in [0.717, 1.165) is 12.8 Å². The molecule has 0 rings (SSSR count). The molecule has 0 atom stereocenters. The Kier molecular flexibility index (Phi) is 37.4. The van der Waals surface area contributed by atoms with Gasteiger partial charge < -0.3 is 56.5 Å². The van der Waals surface area contributed by atoms with Gasteiger partial charge in [-0.05, 0) is 26.1 Å². The van der Waals surface area contributed by atoms with E-state index in [9.17, 15) is 4.79 Å². The molecule has 0 heterocycles. The predicted octanol–water partition coefficient (Wildman–Crippen LogP) is 3.91. The minimum absolute atomic E-state index is 0.146. The third-order valence-electron chi connectivity index (χ3n) is 6.09. The van der Waals surface area contributed by atoms with Crippen LogP contribution in [0.15, 0.2) is 0 Å². The van der Waals surface area contributed by atoms with E-state index in [2.05, 4.69) is 26.6 Å². The molecule has 0 amide bonds. The standard InChI is InChI=1S/C33H68O13Si/c1-5-6-7-8-9-10-33(34)45-31-29-43-27-25-41-23-21-39-19-17-37-15-13-35-11-12-36-14-16-38-18-20-40-22-24-42-26-28-44-30-32-46-47(2,3)4/h5-32H2,1-4H3. The number of carbonyl (C=O) groups is 1. The van der Waals surface area contributed by atoms with Crippen molar-refractivity contribution in [1.29, 1.82) is 0 Å². The zero-order valence-electron chi connectivity index (χ0n) is 30.1. The van der Waals surface area contributed by atoms with Gasteiger partial charge in [-0.2, -0.15) is 0 Å². The molecule has 47 heavy (non-hydrogen) atoms. The molecule has 0 N–H and O–H groups in total. The molecule has 0 saturated carbocycles. The summed E-state index contributed by atoms with van der Waals surface area (Å²) in [6.45, 7) is 19.7. The van der Waals surface area contributed by atoms with Gasteiger partial charge in [0.15, 0.2) is 8.32 Å². The fourth-order valence-electron chi connectivity index (χ4n) is 3.65. The summed E-state index contributed by atoms with van der Waals surface area (Å²) in [7, 11) is -1.45. The molecule has 0 radical (unpaired) electrons. The van der Waals surface area contributed by atoms with Crippen molar-refractivity contribution in [2.75, 3.05) is 145 Å². The van der Waals surface area contributed by atoms with E-state index in [4.69, 9.17) is 56.5 Å². The summed E-state index contributed by atoms with van der Waals surface area (Å²) in [5, 5.41) is 0. The summed E-state index contributed by atoms with van der Waals surface area (Å²) in [5.74, 6) is -0.146. The Hall–Kier alpha value is -0.753. The molecule has 282 valence electrons. The van der Waals surface area contributed by atoms with E-state index in [0.29, 0.717) is 145 Å². The maximum absolute atomic E-state index is 11.6. The van der Waals surface area contributed by atoms with Crippen LogP contribution >= 0.6 is 0 Å². The van der Waals surface area contributed by atoms with Crippen LogP contribution in [0.25, 0.3) is 0 Å². The first-order valence-electron chi connectivity index (χ1n) is 17.5. The van der Waals surface area contributed by atoms with E-state index in [1.807, 2.05) is 0 Å². The summed E-state index contributed by atoms with van der Waals surface area (Å²) in [6.07, 6.45) is 6.08. The van der Waals surface area contributed by atoms with E-state index >= 15 is 0 Å². The van der Waals surface area contributed by atoms with E-state index < -0.39 is 8.32 Å². The number of unbranched alkanes of at least 4 members (excludes halogenated alkanes) is 4. The van der Waals surface area contributed by atoms with Crippen molar-refractivity contribution in [3.63, 3.8) is 0 Å². The zero-order valence-corrected chi connectivity index (χ0v) is 31.1. The van der Waals surface area contributed by atoms with Crippen molar-refractivity contribution >= 4 is 14.3 Å². The van der Waals surface area contributed by atoms with Crippen LogP contribution in [0.5, 0.6) is 0 Å². The molecule has 0 aliphatic carbocycles. The lowest BCUT2D eigenvalue weighted by Crippen LogP contribution is -2.27. The van der Waals surface area contributed by atoms with Gasteiger partial charge >= 0.3 is 5.97 Å². The van der Waals surface area contributed by atoms with Crippen LogP contribution in [-0.2, 0) is 61.3 Å². The molecule has 0 aliphatic heterocycles. The molecule has 14 heteroatoms. The van der Waals surface area contributed by atoms with Crippen LogP contribution < -0.4 is 0 Å². The average molecular weight is 701 g/mol. The first kappa shape index (κ1) is 46.2. The Bertz CT molecular complexity index is 626. The number of hydrogen-bond donors (Lipinski definition) is 0. The minimum Gasteiger partial charge on any atom is -0.463 e. The van der Waals surface area contributed by atoms with Gasteiger partial charge in [0.1, 0.15) is 6.61 Å². The van der Waals surface area contributed by atoms with E-state index in [1.165, 1.54) is 19.3 Å². The summed E-state index contributed by atoms with van der Waals surface area (Å²) < 4.78 is 65.5. The van der Waals surface area contributed by atoms with Crippen LogP contribution in [0.2, 0.25) is 19.6 Å². The fraction of sp³-hybridized carbons (Fsp3) is 0.970. The highest BCUT2D eigenvalue weighted by molar-refractivity contribution is 6.69. The van der Waals surface area contributed by atoms with Crippen LogP contribution in [0.1, 0.15) is 45.4 Å². The minimum atomic E-state index is -1.45. The summed E-state index contributed by atoms with van der Waals surface area (Å²) in [5.41, 5.74) is 0. The molecule has 0 bridgehead atoms. The van der Waals surface area contributed by atoms with Crippen molar-refractivity contribution in [2.45, 2.75) is 65.1 Å². The second kappa shape index (κ2) is 38.1. The average Bonchev–Trinajstić information content (AvgIpc) is 3.04. The zero-order chi connectivity index (χ0) is 34.4. The second-order valence-electron chi connectivity index (χ2n) is 11.5. The maximum atomic E-state index is 11.6. The van der Waals surface area contributed by atoms with Crippen LogP contribution in [0.3, 0.4) is 0 Å². The molecular formula is C33H68O13Si. The molecule has 0 saturated heterocycles. The van der Waals surface area contributed by atoms with Crippen LogP contribution in [0.4, 0.5) is 0 Å². The van der Waals surface area contributed by atoms with E-state index in [-0.39, 0.29) is 12.6 Å². The lowest BCUT2D eigenvalue weighted by molar-refractivity contribution is -0.145. The number of rotatable bonds is 40. The SMILES string of the molecule is CCCCCCCC(=O)OCCOCCOCCOCCOCCOCCOCCOCCOCCOCCOCCO[Si](C)(C)C. The predicted molar refractivity (Wildman–Crippen MR) is 182 cm³/mol. The number of esters is 1. The molecule has 0 aliphatic rings. The number of ether oxygens (including phenoxy) is 11. The van der Waals surface area contributed by atoms with Crippen molar-refractivity contribution in [3.05, 3.63) is 0 Å². The van der Waals surface area contributed by atoms with Gasteiger partial charge in [0, 0.05) is 6.42 Å². The fourth-order valence-corrected chi connectivity index (χ4v) is 4.34. The van der Waals surface area contributed by atoms with Gasteiger partial charge in [0.25, 0.3) is 0 Å². The highest BCUT2D eigenvalue weighted by Gasteiger charge is 2.13. The Labute approximate surface area is 285 Å². The maximum Gasteiger partial charge on any atom is 0.305 e. The Morgan fingerprint density at radius 3 is 0.957 bits per heavy atom. The van der Waals surface area contributed by atoms with Crippen molar-refractivity contribution in [1.82, 2.24) is 0 Å². The molecule has 0 aromatic rings. The Morgan fingerprint density at radius 1 is 0.383 bits per heavy atom. The summed E-state index contributed by atoms with van der Waals surface area (Å²) in [4.78, 5) is 11.6. The van der Waals surface area contributed by atoms with Gasteiger partial charge in [-0.3, -0.25) is 4.79 Å². The second-order valence-corrected chi connectivity index (χ2v) is 16.0. The van der Waals surface area contributed by atoms with Gasteiger partial charge in [-0.25, -0.2) is 0 Å². The third kappa shape index (κ3) is 43.2. The topological polar surface area (TPSA) is 128 Å². The first-order valence-corrected chi connectivity index (χ1v) is 20.9. The Morgan fingerprint density at radius 2 is 0.660 bits per heavy atom. The molecule has 0 spiro atoms. The molecule has 0 fully saturated rings. The van der Waals surface area contributed by atoms with Crippen molar-refractivity contribution < 1.29 is 61.3 Å². The molecule has 0 unspecified atom stereocenters. The van der Waals surface area contributed by atoms with Crippen molar-refractivity contribution in [3.8, 4) is 0 Å². The smallest absolute Gasteiger partial charge is 0.305 e. The lowest BCUT2D eigenvalue weighted by Gasteiger charge is -2.16. The normalized spacial score (nSPS) is 11.8. The van der Waals surface area contributed by atoms with Crippen LogP contribution in [-0.4, -0.2) is 160 Å². The lowest BCUT2D eigenvalue weighted by atomic mass is 10.1. The highest BCUT2D eigenvalue weighted by Crippen LogP contribution is 2.05. The van der Waals surface area contributed by atoms with Gasteiger partial charge in [0.2, 0.25) is 0 Å². The number of carbonyl (C=O) groups excluding carboxylic acids is 1. The molecule has 0 aromatic carbocycles. The monoisotopic (exact) mass is 700 g/mol. The highest BCUT2D eigenvalue weighted by atomic mass is 28.4. The number of hydrogen-bond acceptors (Lipinski definition) is 13. The largest absolute Gasteiger partial charge is 0.463 e. The van der Waals surface area contributed by atoms with E-state index in [1.54, 1.807) is 0 Å². The first-order chi connectivity index (χ1) is 23.0.